The van der Waals surface area contributed by atoms with E-state index in [1.807, 2.05) is 0 Å². The highest BCUT2D eigenvalue weighted by Crippen LogP contribution is 2.41. The van der Waals surface area contributed by atoms with Gasteiger partial charge in [0.1, 0.15) is 13.0 Å². The van der Waals surface area contributed by atoms with E-state index in [0.717, 1.165) is 23.8 Å². The van der Waals surface area contributed by atoms with Crippen LogP contribution in [-0.4, -0.2) is 23.3 Å². The standard InChI is InChI=1S/C14H14BrClN3OP/c1-21(2,20)12-6-9-4-3-8(9)5-11(12)18-13-10(15)7-17-14(16)19-13/h5-7H,3-4H2,1-2H3,(H,17,18,19). The first kappa shape index (κ1) is 15.0. The van der Waals surface area contributed by atoms with Crippen LogP contribution in [0.4, 0.5) is 11.5 Å². The van der Waals surface area contributed by atoms with Gasteiger partial charge in [0.25, 0.3) is 0 Å². The van der Waals surface area contributed by atoms with Crippen molar-refractivity contribution in [2.45, 2.75) is 12.8 Å². The van der Waals surface area contributed by atoms with Crippen molar-refractivity contribution < 1.29 is 4.57 Å². The van der Waals surface area contributed by atoms with E-state index in [2.05, 4.69) is 43.3 Å². The maximum Gasteiger partial charge on any atom is 0.224 e. The van der Waals surface area contributed by atoms with Crippen molar-refractivity contribution in [1.82, 2.24) is 9.97 Å². The summed E-state index contributed by atoms with van der Waals surface area (Å²) in [5.74, 6) is 0.573. The molecule has 4 nitrogen and oxygen atoms in total. The molecular formula is C14H14BrClN3OP. The lowest BCUT2D eigenvalue weighted by Crippen LogP contribution is -2.18. The van der Waals surface area contributed by atoms with Crippen LogP contribution < -0.4 is 10.6 Å². The molecule has 1 aromatic carbocycles. The average Bonchev–Trinajstić information content (AvgIpc) is 2.36. The summed E-state index contributed by atoms with van der Waals surface area (Å²) in [7, 11) is -2.39. The van der Waals surface area contributed by atoms with Gasteiger partial charge in [-0.25, -0.2) is 4.98 Å². The molecule has 0 aliphatic heterocycles. The number of benzene rings is 1. The van der Waals surface area contributed by atoms with Gasteiger partial charge in [-0.1, -0.05) is 0 Å². The van der Waals surface area contributed by atoms with Gasteiger partial charge in [0.15, 0.2) is 0 Å². The Bertz CT molecular complexity index is 775. The highest BCUT2D eigenvalue weighted by Gasteiger charge is 2.23. The van der Waals surface area contributed by atoms with Crippen molar-refractivity contribution in [3.63, 3.8) is 0 Å². The topological polar surface area (TPSA) is 54.9 Å². The summed E-state index contributed by atoms with van der Waals surface area (Å²) in [5, 5.41) is 4.25. The normalized spacial score (nSPS) is 13.5. The highest BCUT2D eigenvalue weighted by atomic mass is 79.9. The molecular weight excluding hydrogens is 373 g/mol. The third-order valence-electron chi connectivity index (χ3n) is 3.53. The molecule has 1 aromatic heterocycles. The lowest BCUT2D eigenvalue weighted by atomic mass is 9.88. The quantitative estimate of drug-likeness (QED) is 0.640. The van der Waals surface area contributed by atoms with Gasteiger partial charge in [0.05, 0.1) is 10.2 Å². The lowest BCUT2D eigenvalue weighted by Gasteiger charge is -2.24. The minimum atomic E-state index is -2.39. The Kier molecular flexibility index (Phi) is 3.85. The van der Waals surface area contributed by atoms with Gasteiger partial charge in [-0.05, 0) is 77.0 Å². The Morgan fingerprint density at radius 1 is 1.29 bits per heavy atom. The van der Waals surface area contributed by atoms with Crippen LogP contribution in [0.3, 0.4) is 0 Å². The van der Waals surface area contributed by atoms with Gasteiger partial charge in [-0.2, -0.15) is 4.98 Å². The second-order valence-corrected chi connectivity index (χ2v) is 9.83. The van der Waals surface area contributed by atoms with Crippen LogP contribution in [-0.2, 0) is 17.4 Å². The Hall–Kier alpha value is -0.900. The van der Waals surface area contributed by atoms with Gasteiger partial charge in [-0.15, -0.1) is 0 Å². The van der Waals surface area contributed by atoms with Gasteiger partial charge in [0, 0.05) is 11.5 Å². The van der Waals surface area contributed by atoms with Crippen LogP contribution in [0.2, 0.25) is 5.28 Å². The van der Waals surface area contributed by atoms with E-state index >= 15 is 0 Å². The van der Waals surface area contributed by atoms with E-state index in [-0.39, 0.29) is 5.28 Å². The van der Waals surface area contributed by atoms with E-state index in [1.54, 1.807) is 19.5 Å². The van der Waals surface area contributed by atoms with Crippen molar-refractivity contribution >= 4 is 51.5 Å². The maximum atomic E-state index is 12.6. The number of fused-ring (bicyclic) bond motifs is 1. The number of rotatable bonds is 3. The summed E-state index contributed by atoms with van der Waals surface area (Å²) < 4.78 is 13.3. The van der Waals surface area contributed by atoms with Crippen LogP contribution in [0.5, 0.6) is 0 Å². The molecule has 1 aliphatic carbocycles. The smallest absolute Gasteiger partial charge is 0.224 e. The summed E-state index contributed by atoms with van der Waals surface area (Å²) in [4.78, 5) is 8.08. The first-order chi connectivity index (χ1) is 9.84. The third kappa shape index (κ3) is 3.01. The molecule has 0 saturated heterocycles. The van der Waals surface area contributed by atoms with Gasteiger partial charge in [0.2, 0.25) is 5.28 Å². The number of hydrogen-bond acceptors (Lipinski definition) is 4. The van der Waals surface area contributed by atoms with Gasteiger partial charge < -0.3 is 9.88 Å². The third-order valence-corrected chi connectivity index (χ3v) is 5.82. The molecule has 0 radical (unpaired) electrons. The Balaban J connectivity index is 2.08. The first-order valence-electron chi connectivity index (χ1n) is 6.51. The molecule has 110 valence electrons. The van der Waals surface area contributed by atoms with Crippen LogP contribution in [0.25, 0.3) is 0 Å². The number of nitrogens with one attached hydrogen (secondary N) is 1. The number of aryl methyl sites for hydroxylation is 2. The number of aromatic nitrogens is 2. The average molecular weight is 387 g/mol. The molecule has 0 amide bonds. The van der Waals surface area contributed by atoms with Crippen LogP contribution >= 0.6 is 34.7 Å². The SMILES string of the molecule is CP(C)(=O)c1cc2c(cc1Nc1nc(Cl)ncc1Br)CC2. The predicted molar refractivity (Wildman–Crippen MR) is 91.0 cm³/mol. The van der Waals surface area contributed by atoms with Crippen LogP contribution in [0.1, 0.15) is 11.1 Å². The van der Waals surface area contributed by atoms with Crippen LogP contribution in [0.15, 0.2) is 22.8 Å². The molecule has 0 spiro atoms. The second kappa shape index (κ2) is 5.38. The zero-order valence-electron chi connectivity index (χ0n) is 11.7. The summed E-state index contributed by atoms with van der Waals surface area (Å²) in [6.45, 7) is 3.56. The Morgan fingerprint density at radius 3 is 2.57 bits per heavy atom. The van der Waals surface area contributed by atoms with Crippen molar-refractivity contribution in [3.05, 3.63) is 39.2 Å². The number of anilines is 2. The minimum absolute atomic E-state index is 0.169. The molecule has 0 atom stereocenters. The molecule has 0 saturated carbocycles. The lowest BCUT2D eigenvalue weighted by molar-refractivity contribution is 0.588. The summed E-state index contributed by atoms with van der Waals surface area (Å²) >= 11 is 9.24. The van der Waals surface area contributed by atoms with Crippen LogP contribution in [0, 0.1) is 0 Å². The maximum absolute atomic E-state index is 12.6. The molecule has 3 rings (SSSR count). The molecule has 2 aromatic rings. The molecule has 1 N–H and O–H groups in total. The number of hydrogen-bond donors (Lipinski definition) is 1. The molecule has 1 aliphatic rings. The molecule has 0 bridgehead atoms. The monoisotopic (exact) mass is 385 g/mol. The Labute approximate surface area is 136 Å². The van der Waals surface area contributed by atoms with Crippen molar-refractivity contribution in [1.29, 1.82) is 0 Å². The molecule has 7 heteroatoms. The summed E-state index contributed by atoms with van der Waals surface area (Å²) in [6, 6.07) is 4.12. The van der Waals surface area contributed by atoms with E-state index in [0.29, 0.717) is 10.3 Å². The van der Waals surface area contributed by atoms with Crippen molar-refractivity contribution in [2.75, 3.05) is 18.6 Å². The van der Waals surface area contributed by atoms with E-state index in [9.17, 15) is 4.57 Å². The van der Waals surface area contributed by atoms with Gasteiger partial charge in [-0.3, -0.25) is 0 Å². The van der Waals surface area contributed by atoms with Crippen molar-refractivity contribution in [2.24, 2.45) is 0 Å². The second-order valence-electron chi connectivity index (χ2n) is 5.45. The highest BCUT2D eigenvalue weighted by molar-refractivity contribution is 9.10. The van der Waals surface area contributed by atoms with Crippen molar-refractivity contribution in [3.8, 4) is 0 Å². The molecule has 21 heavy (non-hydrogen) atoms. The largest absolute Gasteiger partial charge is 0.339 e. The minimum Gasteiger partial charge on any atom is -0.339 e. The molecule has 0 fully saturated rings. The van der Waals surface area contributed by atoms with E-state index < -0.39 is 7.14 Å². The fraction of sp³-hybridized carbons (Fsp3) is 0.286. The molecule has 0 unspecified atom stereocenters. The number of halogens is 2. The zero-order chi connectivity index (χ0) is 15.2. The van der Waals surface area contributed by atoms with E-state index in [4.69, 9.17) is 11.6 Å². The fourth-order valence-corrected chi connectivity index (χ4v) is 3.93. The summed E-state index contributed by atoms with van der Waals surface area (Å²) in [6.07, 6.45) is 3.72. The predicted octanol–water partition coefficient (Wildman–Crippen LogP) is 3.98. The summed E-state index contributed by atoms with van der Waals surface area (Å²) in [5.41, 5.74) is 3.42. The van der Waals surface area contributed by atoms with Gasteiger partial charge >= 0.3 is 0 Å². The Morgan fingerprint density at radius 2 is 1.95 bits per heavy atom. The van der Waals surface area contributed by atoms with E-state index in [1.165, 1.54) is 11.1 Å². The first-order valence-corrected chi connectivity index (χ1v) is 10.3. The molecule has 1 heterocycles. The number of nitrogens with zero attached hydrogens (tertiary/aromatic N) is 2. The zero-order valence-corrected chi connectivity index (χ0v) is 14.9. The fourth-order valence-electron chi connectivity index (χ4n) is 2.34.